The fourth-order valence-electron chi connectivity index (χ4n) is 1.89. The van der Waals surface area contributed by atoms with Crippen molar-refractivity contribution in [3.8, 4) is 0 Å². The molecule has 3 rings (SSSR count). The number of nitrogens with one attached hydrogen (secondary N) is 1. The second-order valence-corrected chi connectivity index (χ2v) is 4.33. The number of anilines is 2. The fourth-order valence-corrected chi connectivity index (χ4v) is 1.89. The largest absolute Gasteiger partial charge is 0.446 e. The van der Waals surface area contributed by atoms with Crippen LogP contribution < -0.4 is 11.1 Å². The summed E-state index contributed by atoms with van der Waals surface area (Å²) < 4.78 is 7.19. The molecule has 0 unspecified atom stereocenters. The first kappa shape index (κ1) is 11.7. The standard InChI is InChI=1S/C13H15N5O/c1-9-2-5-13(19-9)16-11-3-4-12-15-10(6-7-14)8-18(12)17-11/h2-5,8H,6-7,14H2,1H3,(H,16,17). The highest BCUT2D eigenvalue weighted by Gasteiger charge is 2.04. The molecule has 3 aromatic rings. The van der Waals surface area contributed by atoms with Gasteiger partial charge < -0.3 is 15.5 Å². The maximum Gasteiger partial charge on any atom is 0.198 e. The third-order valence-corrected chi connectivity index (χ3v) is 2.76. The van der Waals surface area contributed by atoms with Gasteiger partial charge in [0.15, 0.2) is 17.3 Å². The van der Waals surface area contributed by atoms with Gasteiger partial charge >= 0.3 is 0 Å². The quantitative estimate of drug-likeness (QED) is 0.745. The van der Waals surface area contributed by atoms with E-state index in [1.165, 1.54) is 0 Å². The van der Waals surface area contributed by atoms with Crippen LogP contribution in [0, 0.1) is 6.92 Å². The van der Waals surface area contributed by atoms with Crippen LogP contribution in [0.1, 0.15) is 11.5 Å². The van der Waals surface area contributed by atoms with Crippen molar-refractivity contribution in [3.05, 3.63) is 41.9 Å². The molecular weight excluding hydrogens is 242 g/mol. The average Bonchev–Trinajstić information content (AvgIpc) is 2.95. The summed E-state index contributed by atoms with van der Waals surface area (Å²) in [7, 11) is 0. The number of nitrogens with two attached hydrogens (primary N) is 1. The van der Waals surface area contributed by atoms with Crippen LogP contribution in [0.15, 0.2) is 34.9 Å². The Morgan fingerprint density at radius 2 is 2.21 bits per heavy atom. The van der Waals surface area contributed by atoms with Gasteiger partial charge in [-0.25, -0.2) is 9.50 Å². The number of imidazole rings is 1. The van der Waals surface area contributed by atoms with Crippen molar-refractivity contribution in [1.82, 2.24) is 14.6 Å². The molecule has 0 saturated carbocycles. The maximum atomic E-state index is 5.52. The molecule has 6 nitrogen and oxygen atoms in total. The van der Waals surface area contributed by atoms with Crippen LogP contribution in [0.5, 0.6) is 0 Å². The topological polar surface area (TPSA) is 81.4 Å². The Kier molecular flexibility index (Phi) is 2.92. The minimum absolute atomic E-state index is 0.584. The van der Waals surface area contributed by atoms with Gasteiger partial charge in [-0.2, -0.15) is 0 Å². The van der Waals surface area contributed by atoms with E-state index in [2.05, 4.69) is 15.4 Å². The third-order valence-electron chi connectivity index (χ3n) is 2.76. The molecule has 0 atom stereocenters. The van der Waals surface area contributed by atoms with Gasteiger partial charge in [-0.1, -0.05) is 0 Å². The number of hydrogen-bond donors (Lipinski definition) is 2. The van der Waals surface area contributed by atoms with Crippen LogP contribution in [-0.4, -0.2) is 21.1 Å². The van der Waals surface area contributed by atoms with Gasteiger partial charge in [-0.3, -0.25) is 0 Å². The number of fused-ring (bicyclic) bond motifs is 1. The summed E-state index contributed by atoms with van der Waals surface area (Å²) in [6, 6.07) is 7.55. The Morgan fingerprint density at radius 1 is 1.32 bits per heavy atom. The van der Waals surface area contributed by atoms with Crippen LogP contribution in [0.3, 0.4) is 0 Å². The lowest BCUT2D eigenvalue weighted by molar-refractivity contribution is 0.550. The molecule has 19 heavy (non-hydrogen) atoms. The van der Waals surface area contributed by atoms with Gasteiger partial charge in [0.1, 0.15) is 5.76 Å². The van der Waals surface area contributed by atoms with Crippen LogP contribution in [-0.2, 0) is 6.42 Å². The van der Waals surface area contributed by atoms with Gasteiger partial charge in [0.05, 0.1) is 11.9 Å². The van der Waals surface area contributed by atoms with Crippen molar-refractivity contribution in [2.75, 3.05) is 11.9 Å². The molecule has 0 aliphatic heterocycles. The van der Waals surface area contributed by atoms with E-state index in [-0.39, 0.29) is 0 Å². The Bertz CT molecular complexity index is 700. The molecule has 0 amide bonds. The molecule has 0 bridgehead atoms. The van der Waals surface area contributed by atoms with Gasteiger partial charge in [0, 0.05) is 12.5 Å². The van der Waals surface area contributed by atoms with Crippen LogP contribution >= 0.6 is 0 Å². The lowest BCUT2D eigenvalue weighted by Gasteiger charge is -2.01. The summed E-state index contributed by atoms with van der Waals surface area (Å²) in [6.45, 7) is 2.48. The molecule has 3 N–H and O–H groups in total. The highest BCUT2D eigenvalue weighted by Crippen LogP contribution is 2.17. The number of hydrogen-bond acceptors (Lipinski definition) is 5. The van der Waals surface area contributed by atoms with E-state index in [0.29, 0.717) is 18.2 Å². The molecule has 0 radical (unpaired) electrons. The first-order chi connectivity index (χ1) is 9.24. The highest BCUT2D eigenvalue weighted by atomic mass is 16.4. The van der Waals surface area contributed by atoms with Gasteiger partial charge in [-0.15, -0.1) is 5.10 Å². The zero-order chi connectivity index (χ0) is 13.2. The Labute approximate surface area is 110 Å². The molecule has 0 fully saturated rings. The SMILES string of the molecule is Cc1ccc(Nc2ccc3nc(CCN)cn3n2)o1. The molecular formula is C13H15N5O. The summed E-state index contributed by atoms with van der Waals surface area (Å²) in [6.07, 6.45) is 2.64. The van der Waals surface area contributed by atoms with Gasteiger partial charge in [-0.05, 0) is 31.7 Å². The normalized spacial score (nSPS) is 11.1. The molecule has 0 spiro atoms. The zero-order valence-electron chi connectivity index (χ0n) is 10.6. The average molecular weight is 257 g/mol. The minimum Gasteiger partial charge on any atom is -0.446 e. The van der Waals surface area contributed by atoms with Crippen molar-refractivity contribution < 1.29 is 4.42 Å². The number of rotatable bonds is 4. The molecule has 0 aliphatic carbocycles. The van der Waals surface area contributed by atoms with Crippen molar-refractivity contribution in [1.29, 1.82) is 0 Å². The lowest BCUT2D eigenvalue weighted by atomic mass is 10.3. The molecule has 0 saturated heterocycles. The first-order valence-corrected chi connectivity index (χ1v) is 6.13. The van der Waals surface area contributed by atoms with Crippen molar-refractivity contribution in [2.24, 2.45) is 5.73 Å². The minimum atomic E-state index is 0.584. The van der Waals surface area contributed by atoms with E-state index in [1.807, 2.05) is 37.4 Å². The monoisotopic (exact) mass is 257 g/mol. The van der Waals surface area contributed by atoms with Crippen LogP contribution in [0.4, 0.5) is 11.7 Å². The molecule has 6 heteroatoms. The number of furan rings is 1. The summed E-state index contributed by atoms with van der Waals surface area (Å²) in [5.74, 6) is 2.24. The maximum absolute atomic E-state index is 5.52. The predicted octanol–water partition coefficient (Wildman–Crippen LogP) is 1.88. The van der Waals surface area contributed by atoms with Crippen molar-refractivity contribution >= 4 is 17.3 Å². The van der Waals surface area contributed by atoms with E-state index >= 15 is 0 Å². The van der Waals surface area contributed by atoms with E-state index in [1.54, 1.807) is 4.52 Å². The van der Waals surface area contributed by atoms with Crippen molar-refractivity contribution in [3.63, 3.8) is 0 Å². The Balaban J connectivity index is 1.88. The van der Waals surface area contributed by atoms with Gasteiger partial charge in [0.2, 0.25) is 0 Å². The lowest BCUT2D eigenvalue weighted by Crippen LogP contribution is -2.02. The molecule has 3 aromatic heterocycles. The number of nitrogens with zero attached hydrogens (tertiary/aromatic N) is 3. The second-order valence-electron chi connectivity index (χ2n) is 4.33. The molecule has 0 aromatic carbocycles. The van der Waals surface area contributed by atoms with Crippen LogP contribution in [0.25, 0.3) is 5.65 Å². The summed E-state index contributed by atoms with van der Waals surface area (Å²) in [4.78, 5) is 4.42. The summed E-state index contributed by atoms with van der Waals surface area (Å²) in [5.41, 5.74) is 7.28. The predicted molar refractivity (Wildman–Crippen MR) is 72.5 cm³/mol. The van der Waals surface area contributed by atoms with Crippen molar-refractivity contribution in [2.45, 2.75) is 13.3 Å². The van der Waals surface area contributed by atoms with E-state index in [0.717, 1.165) is 23.5 Å². The fraction of sp³-hybridized carbons (Fsp3) is 0.231. The summed E-state index contributed by atoms with van der Waals surface area (Å²) >= 11 is 0. The van der Waals surface area contributed by atoms with E-state index < -0.39 is 0 Å². The van der Waals surface area contributed by atoms with Crippen LogP contribution in [0.2, 0.25) is 0 Å². The van der Waals surface area contributed by atoms with E-state index in [9.17, 15) is 0 Å². The van der Waals surface area contributed by atoms with Gasteiger partial charge in [0.25, 0.3) is 0 Å². The third kappa shape index (κ3) is 2.43. The molecule has 0 aliphatic rings. The zero-order valence-corrected chi connectivity index (χ0v) is 10.6. The summed E-state index contributed by atoms with van der Waals surface area (Å²) in [5, 5.41) is 7.53. The second kappa shape index (κ2) is 4.74. The number of aryl methyl sites for hydroxylation is 1. The Morgan fingerprint density at radius 3 is 2.95 bits per heavy atom. The number of aromatic nitrogens is 3. The highest BCUT2D eigenvalue weighted by molar-refractivity contribution is 5.52. The molecule has 98 valence electrons. The smallest absolute Gasteiger partial charge is 0.198 e. The first-order valence-electron chi connectivity index (χ1n) is 6.13. The molecule has 3 heterocycles. The van der Waals surface area contributed by atoms with E-state index in [4.69, 9.17) is 10.2 Å². The Hall–Kier alpha value is -2.34.